The zero-order chi connectivity index (χ0) is 18.7. The Morgan fingerprint density at radius 3 is 2.35 bits per heavy atom. The van der Waals surface area contributed by atoms with Crippen LogP contribution in [0.2, 0.25) is 0 Å². The molecule has 2 N–H and O–H groups in total. The fraction of sp³-hybridized carbons (Fsp3) is 0.500. The first-order chi connectivity index (χ1) is 12.5. The van der Waals surface area contributed by atoms with Gasteiger partial charge in [0.15, 0.2) is 0 Å². The van der Waals surface area contributed by atoms with E-state index in [1.165, 1.54) is 0 Å². The van der Waals surface area contributed by atoms with Gasteiger partial charge in [0.25, 0.3) is 0 Å². The molecule has 0 aromatic heterocycles. The molecule has 2 fully saturated rings. The maximum absolute atomic E-state index is 12.6. The normalized spacial score (nSPS) is 18.3. The van der Waals surface area contributed by atoms with Crippen LogP contribution in [0.1, 0.15) is 12.8 Å². The van der Waals surface area contributed by atoms with Crippen molar-refractivity contribution in [3.63, 3.8) is 0 Å². The van der Waals surface area contributed by atoms with E-state index in [1.54, 1.807) is 33.9 Å². The Morgan fingerprint density at radius 2 is 1.77 bits per heavy atom. The van der Waals surface area contributed by atoms with Gasteiger partial charge >= 0.3 is 6.03 Å². The number of likely N-dealkylation sites (tertiary alicyclic amines) is 1. The van der Waals surface area contributed by atoms with Crippen LogP contribution in [0.25, 0.3) is 0 Å². The van der Waals surface area contributed by atoms with E-state index in [2.05, 4.69) is 0 Å². The summed E-state index contributed by atoms with van der Waals surface area (Å²) in [5.41, 5.74) is 6.10. The summed E-state index contributed by atoms with van der Waals surface area (Å²) < 4.78 is 5.13. The highest BCUT2D eigenvalue weighted by atomic mass is 16.5. The van der Waals surface area contributed by atoms with Crippen LogP contribution in [0, 0.1) is 5.92 Å². The fourth-order valence-electron chi connectivity index (χ4n) is 3.41. The second-order valence-corrected chi connectivity index (χ2v) is 6.61. The van der Waals surface area contributed by atoms with Crippen LogP contribution in [0.3, 0.4) is 0 Å². The van der Waals surface area contributed by atoms with Gasteiger partial charge in [-0.15, -0.1) is 0 Å². The monoisotopic (exact) mass is 360 g/mol. The van der Waals surface area contributed by atoms with Gasteiger partial charge in [-0.05, 0) is 37.1 Å². The van der Waals surface area contributed by atoms with E-state index in [-0.39, 0.29) is 30.3 Å². The highest BCUT2D eigenvalue weighted by Gasteiger charge is 2.33. The first-order valence-corrected chi connectivity index (χ1v) is 8.77. The minimum absolute atomic E-state index is 0.0622. The first kappa shape index (κ1) is 18.0. The Kier molecular flexibility index (Phi) is 5.29. The van der Waals surface area contributed by atoms with Gasteiger partial charge in [0.2, 0.25) is 11.8 Å². The third-order valence-electron chi connectivity index (χ3n) is 5.06. The van der Waals surface area contributed by atoms with Crippen molar-refractivity contribution in [2.45, 2.75) is 12.8 Å². The minimum atomic E-state index is -0.304. The molecule has 2 aliphatic rings. The number of anilines is 1. The van der Waals surface area contributed by atoms with Crippen LogP contribution in [-0.2, 0) is 9.59 Å². The van der Waals surface area contributed by atoms with Gasteiger partial charge in [0, 0.05) is 37.8 Å². The number of hydrogen-bond donors (Lipinski definition) is 1. The number of carbonyl (C=O) groups is 3. The molecule has 8 heteroatoms. The number of carbonyl (C=O) groups excluding carboxylic acids is 3. The topological polar surface area (TPSA) is 96.2 Å². The number of urea groups is 1. The molecule has 1 aromatic carbocycles. The smallest absolute Gasteiger partial charge is 0.325 e. The van der Waals surface area contributed by atoms with Crippen LogP contribution in [0.5, 0.6) is 5.75 Å². The van der Waals surface area contributed by atoms with Crippen molar-refractivity contribution < 1.29 is 19.1 Å². The van der Waals surface area contributed by atoms with Crippen molar-refractivity contribution in [2.24, 2.45) is 11.7 Å². The molecule has 2 aliphatic heterocycles. The Bertz CT molecular complexity index is 683. The predicted octanol–water partition coefficient (Wildman–Crippen LogP) is 0.661. The molecular weight excluding hydrogens is 336 g/mol. The Labute approximate surface area is 152 Å². The average Bonchev–Trinajstić information content (AvgIpc) is 3.02. The van der Waals surface area contributed by atoms with Crippen LogP contribution in [-0.4, -0.2) is 67.5 Å². The third-order valence-corrected chi connectivity index (χ3v) is 5.06. The summed E-state index contributed by atoms with van der Waals surface area (Å²) in [4.78, 5) is 41.2. The van der Waals surface area contributed by atoms with Crippen molar-refractivity contribution in [2.75, 3.05) is 44.7 Å². The zero-order valence-electron chi connectivity index (χ0n) is 14.9. The molecule has 4 amide bonds. The molecule has 0 aliphatic carbocycles. The van der Waals surface area contributed by atoms with E-state index < -0.39 is 0 Å². The molecular formula is C18H24N4O4. The molecule has 26 heavy (non-hydrogen) atoms. The predicted molar refractivity (Wildman–Crippen MR) is 95.8 cm³/mol. The molecule has 0 spiro atoms. The molecule has 3 rings (SSSR count). The van der Waals surface area contributed by atoms with E-state index in [1.807, 2.05) is 12.1 Å². The fourth-order valence-corrected chi connectivity index (χ4v) is 3.41. The summed E-state index contributed by atoms with van der Waals surface area (Å²) in [7, 11) is 1.59. The van der Waals surface area contributed by atoms with Gasteiger partial charge in [0.05, 0.1) is 7.11 Å². The second-order valence-electron chi connectivity index (χ2n) is 6.61. The summed E-state index contributed by atoms with van der Waals surface area (Å²) in [6, 6.07) is 7.10. The standard InChI is InChI=1S/C18H24N4O4/c1-26-15-4-2-14(3-5-15)22-11-10-21(18(22)25)12-16(23)20-8-6-13(7-9-20)17(19)24/h2-5,13H,6-12H2,1H3,(H2,19,24). The van der Waals surface area contributed by atoms with E-state index in [0.29, 0.717) is 39.0 Å². The first-order valence-electron chi connectivity index (χ1n) is 8.77. The number of primary amides is 1. The highest BCUT2D eigenvalue weighted by Crippen LogP contribution is 2.23. The highest BCUT2D eigenvalue weighted by molar-refractivity contribution is 5.96. The summed E-state index contributed by atoms with van der Waals surface area (Å²) in [5.74, 6) is 0.185. The third kappa shape index (κ3) is 3.74. The number of methoxy groups -OCH3 is 1. The lowest BCUT2D eigenvalue weighted by Crippen LogP contribution is -2.46. The molecule has 2 saturated heterocycles. The van der Waals surface area contributed by atoms with Crippen molar-refractivity contribution in [1.29, 1.82) is 0 Å². The maximum Gasteiger partial charge on any atom is 0.325 e. The van der Waals surface area contributed by atoms with E-state index in [9.17, 15) is 14.4 Å². The minimum Gasteiger partial charge on any atom is -0.497 e. The lowest BCUT2D eigenvalue weighted by Gasteiger charge is -2.31. The molecule has 0 unspecified atom stereocenters. The van der Waals surface area contributed by atoms with E-state index in [0.717, 1.165) is 11.4 Å². The summed E-state index contributed by atoms with van der Waals surface area (Å²) >= 11 is 0. The van der Waals surface area contributed by atoms with Crippen LogP contribution in [0.15, 0.2) is 24.3 Å². The van der Waals surface area contributed by atoms with Gasteiger partial charge in [-0.3, -0.25) is 14.5 Å². The molecule has 8 nitrogen and oxygen atoms in total. The summed E-state index contributed by atoms with van der Waals surface area (Å²) in [6.07, 6.45) is 1.18. The van der Waals surface area contributed by atoms with Crippen LogP contribution in [0.4, 0.5) is 10.5 Å². The lowest BCUT2D eigenvalue weighted by molar-refractivity contribution is -0.135. The number of ether oxygens (including phenoxy) is 1. The molecule has 1 aromatic rings. The number of nitrogens with two attached hydrogens (primary N) is 1. The molecule has 0 radical (unpaired) electrons. The number of hydrogen-bond acceptors (Lipinski definition) is 4. The molecule has 2 heterocycles. The van der Waals surface area contributed by atoms with Crippen molar-refractivity contribution >= 4 is 23.5 Å². The van der Waals surface area contributed by atoms with E-state index >= 15 is 0 Å². The van der Waals surface area contributed by atoms with Gasteiger partial charge < -0.3 is 20.3 Å². The SMILES string of the molecule is COc1ccc(N2CCN(CC(=O)N3CCC(C(N)=O)CC3)C2=O)cc1. The molecule has 0 atom stereocenters. The number of nitrogens with zero attached hydrogens (tertiary/aromatic N) is 3. The van der Waals surface area contributed by atoms with Crippen molar-refractivity contribution in [1.82, 2.24) is 9.80 Å². The van der Waals surface area contributed by atoms with Crippen LogP contribution < -0.4 is 15.4 Å². The van der Waals surface area contributed by atoms with E-state index in [4.69, 9.17) is 10.5 Å². The van der Waals surface area contributed by atoms with Crippen molar-refractivity contribution in [3.05, 3.63) is 24.3 Å². The summed E-state index contributed by atoms with van der Waals surface area (Å²) in [6.45, 7) is 2.14. The average molecular weight is 360 g/mol. The summed E-state index contributed by atoms with van der Waals surface area (Å²) in [5, 5.41) is 0. The number of rotatable bonds is 5. The Balaban J connectivity index is 1.55. The molecule has 0 saturated carbocycles. The van der Waals surface area contributed by atoms with Gasteiger partial charge in [-0.1, -0.05) is 0 Å². The van der Waals surface area contributed by atoms with Gasteiger partial charge in [-0.2, -0.15) is 0 Å². The lowest BCUT2D eigenvalue weighted by atomic mass is 9.96. The van der Waals surface area contributed by atoms with Gasteiger partial charge in [-0.25, -0.2) is 4.79 Å². The van der Waals surface area contributed by atoms with Gasteiger partial charge in [0.1, 0.15) is 12.3 Å². The molecule has 0 bridgehead atoms. The second kappa shape index (κ2) is 7.63. The number of benzene rings is 1. The quantitative estimate of drug-likeness (QED) is 0.834. The van der Waals surface area contributed by atoms with Crippen LogP contribution >= 0.6 is 0 Å². The number of piperidine rings is 1. The number of amides is 4. The molecule has 140 valence electrons. The Morgan fingerprint density at radius 1 is 1.12 bits per heavy atom. The zero-order valence-corrected chi connectivity index (χ0v) is 14.9. The van der Waals surface area contributed by atoms with Crippen molar-refractivity contribution in [3.8, 4) is 5.75 Å². The largest absolute Gasteiger partial charge is 0.497 e. The maximum atomic E-state index is 12.6. The Hall–Kier alpha value is -2.77.